The monoisotopic (exact) mass is 641 g/mol. The summed E-state index contributed by atoms with van der Waals surface area (Å²) >= 11 is 13.6. The van der Waals surface area contributed by atoms with E-state index in [-0.39, 0.29) is 39.5 Å². The van der Waals surface area contributed by atoms with Crippen molar-refractivity contribution in [2.75, 3.05) is 25.6 Å². The van der Waals surface area contributed by atoms with Crippen LogP contribution in [0.5, 0.6) is 5.88 Å². The summed E-state index contributed by atoms with van der Waals surface area (Å²) in [7, 11) is 2.95. The van der Waals surface area contributed by atoms with Gasteiger partial charge in [-0.05, 0) is 37.6 Å². The average molecular weight is 643 g/mol. The Balaban J connectivity index is 1.45. The van der Waals surface area contributed by atoms with Gasteiger partial charge in [-0.3, -0.25) is 9.59 Å². The topological polar surface area (TPSA) is 128 Å². The minimum absolute atomic E-state index is 0.0312. The van der Waals surface area contributed by atoms with E-state index in [4.69, 9.17) is 32.7 Å². The van der Waals surface area contributed by atoms with Gasteiger partial charge < -0.3 is 25.2 Å². The summed E-state index contributed by atoms with van der Waals surface area (Å²) in [4.78, 5) is 30.1. The molecule has 0 aliphatic carbocycles. The van der Waals surface area contributed by atoms with Crippen LogP contribution in [0.3, 0.4) is 0 Å². The third-order valence-electron chi connectivity index (χ3n) is 7.29. The molecule has 0 radical (unpaired) electrons. The first-order valence-electron chi connectivity index (χ1n) is 13.7. The molecule has 0 bridgehead atoms. The molecule has 13 heteroatoms. The normalized spacial score (nSPS) is 16.5. The number of aryl methyl sites for hydroxylation is 2. The largest absolute Gasteiger partial charge is 0.481 e. The van der Waals surface area contributed by atoms with E-state index in [9.17, 15) is 19.1 Å². The van der Waals surface area contributed by atoms with Crippen LogP contribution >= 0.6 is 23.2 Å². The Morgan fingerprint density at radius 3 is 2.68 bits per heavy atom. The molecule has 3 N–H and O–H groups in total. The maximum Gasteiger partial charge on any atom is 0.279 e. The number of benzene rings is 2. The summed E-state index contributed by atoms with van der Waals surface area (Å²) in [6.07, 6.45) is 0.0898. The number of hydrogen-bond donors (Lipinski definition) is 3. The lowest BCUT2D eigenvalue weighted by molar-refractivity contribution is -0.0281. The second kappa shape index (κ2) is 13.4. The molecule has 1 amide bonds. The van der Waals surface area contributed by atoms with Crippen molar-refractivity contribution in [1.82, 2.24) is 20.1 Å². The molecular weight excluding hydrogens is 612 g/mol. The van der Waals surface area contributed by atoms with Crippen LogP contribution in [0.1, 0.15) is 28.0 Å². The molecule has 2 aromatic heterocycles. The number of aliphatic hydroxyl groups excluding tert-OH is 1. The predicted molar refractivity (Wildman–Crippen MR) is 166 cm³/mol. The van der Waals surface area contributed by atoms with Crippen molar-refractivity contribution in [1.29, 1.82) is 0 Å². The van der Waals surface area contributed by atoms with E-state index in [1.165, 1.54) is 26.3 Å². The maximum absolute atomic E-state index is 14.9. The first kappa shape index (κ1) is 31.6. The average Bonchev–Trinajstić information content (AvgIpc) is 3.00. The lowest BCUT2D eigenvalue weighted by Gasteiger charge is -2.28. The summed E-state index contributed by atoms with van der Waals surface area (Å²) in [5, 5.41) is 20.3. The van der Waals surface area contributed by atoms with E-state index in [0.717, 1.165) is 16.3 Å². The maximum atomic E-state index is 14.9. The Labute approximate surface area is 262 Å². The van der Waals surface area contributed by atoms with Crippen molar-refractivity contribution in [2.24, 2.45) is 7.05 Å². The van der Waals surface area contributed by atoms with Gasteiger partial charge in [-0.25, -0.2) is 14.1 Å². The molecule has 1 saturated heterocycles. The van der Waals surface area contributed by atoms with Crippen LogP contribution in [-0.4, -0.2) is 58.2 Å². The number of methoxy groups -OCH3 is 1. The number of carbonyl (C=O) groups excluding carboxylic acids is 1. The molecule has 44 heavy (non-hydrogen) atoms. The highest BCUT2D eigenvalue weighted by Crippen LogP contribution is 2.42. The van der Waals surface area contributed by atoms with Crippen molar-refractivity contribution in [3.63, 3.8) is 0 Å². The number of ether oxygens (including phenoxy) is 2. The van der Waals surface area contributed by atoms with Crippen molar-refractivity contribution in [3.05, 3.63) is 91.6 Å². The molecule has 0 spiro atoms. The highest BCUT2D eigenvalue weighted by molar-refractivity contribution is 6.39. The van der Waals surface area contributed by atoms with Gasteiger partial charge in [-0.1, -0.05) is 47.5 Å². The van der Waals surface area contributed by atoms with E-state index < -0.39 is 23.4 Å². The second-order valence-corrected chi connectivity index (χ2v) is 11.1. The predicted octanol–water partition coefficient (Wildman–Crippen LogP) is 4.76. The summed E-state index contributed by atoms with van der Waals surface area (Å²) in [5.74, 6) is -1.05. The van der Waals surface area contributed by atoms with Gasteiger partial charge in [0.1, 0.15) is 11.4 Å². The molecule has 1 fully saturated rings. The van der Waals surface area contributed by atoms with Crippen molar-refractivity contribution >= 4 is 34.8 Å². The van der Waals surface area contributed by atoms with Crippen LogP contribution in [0, 0.1) is 12.7 Å². The fraction of sp³-hybridized carbons (Fsp3) is 0.290. The van der Waals surface area contributed by atoms with Crippen LogP contribution in [0.15, 0.2) is 53.3 Å². The number of aliphatic hydroxyl groups is 1. The fourth-order valence-electron chi connectivity index (χ4n) is 5.05. The van der Waals surface area contributed by atoms with E-state index in [2.05, 4.69) is 20.7 Å². The van der Waals surface area contributed by atoms with Crippen molar-refractivity contribution in [2.45, 2.75) is 32.0 Å². The van der Waals surface area contributed by atoms with Gasteiger partial charge in [0.15, 0.2) is 0 Å². The number of amides is 1. The van der Waals surface area contributed by atoms with E-state index in [0.29, 0.717) is 48.0 Å². The Kier molecular flexibility index (Phi) is 9.62. The zero-order chi connectivity index (χ0) is 31.5. The number of aromatic nitrogens is 3. The highest BCUT2D eigenvalue weighted by atomic mass is 35.5. The summed E-state index contributed by atoms with van der Waals surface area (Å²) < 4.78 is 26.8. The smallest absolute Gasteiger partial charge is 0.279 e. The third-order valence-corrected chi connectivity index (χ3v) is 8.11. The molecule has 4 aromatic rings. The minimum Gasteiger partial charge on any atom is -0.481 e. The fourth-order valence-corrected chi connectivity index (χ4v) is 5.64. The highest BCUT2D eigenvalue weighted by Gasteiger charge is 2.24. The van der Waals surface area contributed by atoms with E-state index in [1.807, 2.05) is 6.07 Å². The quantitative estimate of drug-likeness (QED) is 0.251. The molecule has 1 aliphatic rings. The van der Waals surface area contributed by atoms with Gasteiger partial charge in [-0.15, -0.1) is 0 Å². The second-order valence-electron chi connectivity index (χ2n) is 10.3. The molecule has 5 rings (SSSR count). The molecule has 2 atom stereocenters. The zero-order valence-corrected chi connectivity index (χ0v) is 25.7. The molecule has 10 nitrogen and oxygen atoms in total. The molecule has 230 valence electrons. The van der Waals surface area contributed by atoms with Crippen LogP contribution in [0.4, 0.5) is 10.1 Å². The summed E-state index contributed by atoms with van der Waals surface area (Å²) in [5.41, 5.74) is 2.13. The molecule has 3 heterocycles. The van der Waals surface area contributed by atoms with Crippen molar-refractivity contribution in [3.8, 4) is 28.3 Å². The van der Waals surface area contributed by atoms with Crippen LogP contribution in [-0.2, 0) is 18.3 Å². The number of nitrogens with one attached hydrogen (secondary N) is 2. The lowest BCUT2D eigenvalue weighted by atomic mass is 10.00. The lowest BCUT2D eigenvalue weighted by Crippen LogP contribution is -2.46. The van der Waals surface area contributed by atoms with Crippen LogP contribution < -0.4 is 20.9 Å². The summed E-state index contributed by atoms with van der Waals surface area (Å²) in [6.45, 7) is 2.93. The van der Waals surface area contributed by atoms with Gasteiger partial charge in [0.05, 0.1) is 46.9 Å². The standard InChI is InChI=1S/C31H30Cl2FN5O5/c1-16-11-22(31(42)39(2)38-16)29(41)36-25-13-18(34)12-21(28(25)33)19-5-4-6-20(27(19)32)23-8-7-17(30(37-23)43-3)14-35-24-9-10-44-15-26(24)40/h4-8,11-13,24,26,35,40H,9-10,14-15H2,1-3H3,(H,36,41)/t24?,26-/m0/s1. The van der Waals surface area contributed by atoms with Crippen molar-refractivity contribution < 1.29 is 23.8 Å². The Hall–Kier alpha value is -3.87. The Bertz CT molecular complexity index is 1780. The number of hydrogen-bond acceptors (Lipinski definition) is 8. The van der Waals surface area contributed by atoms with Gasteiger partial charge in [-0.2, -0.15) is 5.10 Å². The minimum atomic E-state index is -0.758. The number of rotatable bonds is 8. The van der Waals surface area contributed by atoms with Gasteiger partial charge >= 0.3 is 0 Å². The number of nitrogens with zero attached hydrogens (tertiary/aromatic N) is 3. The molecule has 0 saturated carbocycles. The van der Waals surface area contributed by atoms with E-state index in [1.54, 1.807) is 31.2 Å². The number of anilines is 1. The molecule has 1 unspecified atom stereocenters. The summed E-state index contributed by atoms with van der Waals surface area (Å²) in [6, 6.07) is 12.3. The number of pyridine rings is 1. The Morgan fingerprint density at radius 2 is 1.93 bits per heavy atom. The Morgan fingerprint density at radius 1 is 1.16 bits per heavy atom. The molecular formula is C31H30Cl2FN5O5. The first-order chi connectivity index (χ1) is 21.1. The zero-order valence-electron chi connectivity index (χ0n) is 24.2. The molecule has 2 aromatic carbocycles. The number of halogens is 3. The van der Waals surface area contributed by atoms with Gasteiger partial charge in [0.2, 0.25) is 5.88 Å². The molecule has 1 aliphatic heterocycles. The van der Waals surface area contributed by atoms with Crippen LogP contribution in [0.2, 0.25) is 10.0 Å². The van der Waals surface area contributed by atoms with E-state index >= 15 is 0 Å². The SMILES string of the molecule is COc1nc(-c2cccc(-c3cc(F)cc(NC(=O)c4cc(C)nn(C)c4=O)c3Cl)c2Cl)ccc1CNC1CCOC[C@@H]1O. The van der Waals surface area contributed by atoms with Gasteiger partial charge in [0, 0.05) is 48.5 Å². The van der Waals surface area contributed by atoms with Crippen LogP contribution in [0.25, 0.3) is 22.4 Å². The number of carbonyl (C=O) groups is 1. The van der Waals surface area contributed by atoms with Gasteiger partial charge in [0.25, 0.3) is 11.5 Å². The first-order valence-corrected chi connectivity index (χ1v) is 14.5. The third kappa shape index (κ3) is 6.62.